The van der Waals surface area contributed by atoms with Crippen molar-refractivity contribution in [3.63, 3.8) is 0 Å². The van der Waals surface area contributed by atoms with Gasteiger partial charge >= 0.3 is 0 Å². The van der Waals surface area contributed by atoms with Gasteiger partial charge in [0.1, 0.15) is 11.5 Å². The average Bonchev–Trinajstić information content (AvgIpc) is 2.88. The van der Waals surface area contributed by atoms with Crippen LogP contribution in [0, 0.1) is 13.8 Å². The van der Waals surface area contributed by atoms with E-state index in [1.54, 1.807) is 0 Å². The van der Waals surface area contributed by atoms with E-state index < -0.39 is 0 Å². The van der Waals surface area contributed by atoms with Crippen molar-refractivity contribution in [1.82, 2.24) is 0 Å². The molecule has 4 heteroatoms. The highest BCUT2D eigenvalue weighted by molar-refractivity contribution is 9.09. The number of alkyl halides is 1. The van der Waals surface area contributed by atoms with Gasteiger partial charge < -0.3 is 9.73 Å². The third-order valence-electron chi connectivity index (χ3n) is 3.40. The second kappa shape index (κ2) is 4.53. The van der Waals surface area contributed by atoms with Crippen LogP contribution < -0.4 is 5.32 Å². The maximum absolute atomic E-state index is 11.4. The SMILES string of the molecule is Cc1cc(C(Br)c2ccc3c(c2)CC(=O)N3)c(C)o1. The summed E-state index contributed by atoms with van der Waals surface area (Å²) in [6.45, 7) is 3.91. The van der Waals surface area contributed by atoms with Crippen molar-refractivity contribution in [3.05, 3.63) is 52.5 Å². The molecule has 2 heterocycles. The monoisotopic (exact) mass is 319 g/mol. The Labute approximate surface area is 120 Å². The number of benzene rings is 1. The Hall–Kier alpha value is -1.55. The molecule has 1 aliphatic rings. The maximum atomic E-state index is 11.4. The number of furan rings is 1. The first-order valence-electron chi connectivity index (χ1n) is 6.18. The number of anilines is 1. The summed E-state index contributed by atoms with van der Waals surface area (Å²) in [5, 5.41) is 2.85. The number of rotatable bonds is 2. The second-order valence-corrected chi connectivity index (χ2v) is 5.79. The van der Waals surface area contributed by atoms with Crippen LogP contribution in [0.1, 0.15) is 33.0 Å². The van der Waals surface area contributed by atoms with Crippen LogP contribution in [-0.4, -0.2) is 5.91 Å². The van der Waals surface area contributed by atoms with Crippen molar-refractivity contribution in [2.75, 3.05) is 5.32 Å². The number of halogens is 1. The number of nitrogens with one attached hydrogen (secondary N) is 1. The summed E-state index contributed by atoms with van der Waals surface area (Å²) in [7, 11) is 0. The summed E-state index contributed by atoms with van der Waals surface area (Å²) in [6.07, 6.45) is 0.465. The summed E-state index contributed by atoms with van der Waals surface area (Å²) in [5.74, 6) is 1.90. The number of aryl methyl sites for hydroxylation is 2. The fourth-order valence-corrected chi connectivity index (χ4v) is 3.23. The van der Waals surface area contributed by atoms with Crippen LogP contribution in [-0.2, 0) is 11.2 Å². The predicted octanol–water partition coefficient (Wildman–Crippen LogP) is 3.88. The van der Waals surface area contributed by atoms with Crippen molar-refractivity contribution in [2.24, 2.45) is 0 Å². The zero-order chi connectivity index (χ0) is 13.6. The molecule has 0 bridgehead atoms. The van der Waals surface area contributed by atoms with Crippen LogP contribution in [0.2, 0.25) is 0 Å². The van der Waals surface area contributed by atoms with E-state index in [0.29, 0.717) is 6.42 Å². The molecule has 0 spiro atoms. The van der Waals surface area contributed by atoms with E-state index in [1.807, 2.05) is 32.0 Å². The largest absolute Gasteiger partial charge is 0.466 e. The lowest BCUT2D eigenvalue weighted by Crippen LogP contribution is -2.03. The Morgan fingerprint density at radius 2 is 2.11 bits per heavy atom. The topological polar surface area (TPSA) is 42.2 Å². The standard InChI is InChI=1S/C15H14BrNO2/c1-8-5-12(9(2)19-8)15(16)10-3-4-13-11(6-10)7-14(18)17-13/h3-6,15H,7H2,1-2H3,(H,17,18). The fraction of sp³-hybridized carbons (Fsp3) is 0.267. The van der Waals surface area contributed by atoms with Crippen LogP contribution in [0.25, 0.3) is 0 Å². The second-order valence-electron chi connectivity index (χ2n) is 4.87. The van der Waals surface area contributed by atoms with Crippen LogP contribution in [0.4, 0.5) is 5.69 Å². The van der Waals surface area contributed by atoms with Gasteiger partial charge in [0.05, 0.1) is 11.2 Å². The van der Waals surface area contributed by atoms with Gasteiger partial charge in [0.2, 0.25) is 5.91 Å². The predicted molar refractivity (Wildman–Crippen MR) is 77.7 cm³/mol. The first-order valence-corrected chi connectivity index (χ1v) is 7.10. The molecular formula is C15H14BrNO2. The first-order chi connectivity index (χ1) is 9.04. The summed E-state index contributed by atoms with van der Waals surface area (Å²) in [6, 6.07) is 8.12. The smallest absolute Gasteiger partial charge is 0.228 e. The highest BCUT2D eigenvalue weighted by Gasteiger charge is 2.21. The van der Waals surface area contributed by atoms with Gasteiger partial charge in [-0.05, 0) is 37.1 Å². The van der Waals surface area contributed by atoms with Gasteiger partial charge in [-0.2, -0.15) is 0 Å². The van der Waals surface area contributed by atoms with Crippen LogP contribution in [0.3, 0.4) is 0 Å². The molecule has 0 aliphatic carbocycles. The van der Waals surface area contributed by atoms with E-state index in [2.05, 4.69) is 27.3 Å². The Morgan fingerprint density at radius 3 is 2.79 bits per heavy atom. The fourth-order valence-electron chi connectivity index (χ4n) is 2.49. The van der Waals surface area contributed by atoms with Crippen LogP contribution in [0.5, 0.6) is 0 Å². The van der Waals surface area contributed by atoms with E-state index in [4.69, 9.17) is 4.42 Å². The molecule has 98 valence electrons. The number of carbonyl (C=O) groups excluding carboxylic acids is 1. The Kier molecular flexibility index (Phi) is 2.97. The highest BCUT2D eigenvalue weighted by Crippen LogP contribution is 2.36. The van der Waals surface area contributed by atoms with Crippen molar-refractivity contribution in [2.45, 2.75) is 25.1 Å². The third kappa shape index (κ3) is 2.21. The molecule has 0 saturated heterocycles. The minimum atomic E-state index is 0.0635. The molecule has 1 amide bonds. The lowest BCUT2D eigenvalue weighted by atomic mass is 10.0. The summed E-state index contributed by atoms with van der Waals surface area (Å²) >= 11 is 3.72. The van der Waals surface area contributed by atoms with E-state index in [0.717, 1.165) is 33.9 Å². The lowest BCUT2D eigenvalue weighted by Gasteiger charge is -2.10. The molecule has 0 radical (unpaired) electrons. The van der Waals surface area contributed by atoms with Crippen molar-refractivity contribution in [1.29, 1.82) is 0 Å². The molecule has 1 N–H and O–H groups in total. The molecule has 3 nitrogen and oxygen atoms in total. The minimum Gasteiger partial charge on any atom is -0.466 e. The third-order valence-corrected chi connectivity index (χ3v) is 4.42. The van der Waals surface area contributed by atoms with Gasteiger partial charge in [0.15, 0.2) is 0 Å². The Morgan fingerprint density at radius 1 is 1.32 bits per heavy atom. The molecule has 1 aromatic carbocycles. The van der Waals surface area contributed by atoms with E-state index >= 15 is 0 Å². The average molecular weight is 320 g/mol. The van der Waals surface area contributed by atoms with Gasteiger partial charge in [-0.15, -0.1) is 0 Å². The number of fused-ring (bicyclic) bond motifs is 1. The van der Waals surface area contributed by atoms with Gasteiger partial charge in [-0.1, -0.05) is 28.1 Å². The number of hydrogen-bond acceptors (Lipinski definition) is 2. The molecule has 3 rings (SSSR count). The van der Waals surface area contributed by atoms with Gasteiger partial charge in [0.25, 0.3) is 0 Å². The Balaban J connectivity index is 1.97. The molecular weight excluding hydrogens is 306 g/mol. The van der Waals surface area contributed by atoms with Gasteiger partial charge in [-0.25, -0.2) is 0 Å². The lowest BCUT2D eigenvalue weighted by molar-refractivity contribution is -0.115. The molecule has 1 unspecified atom stereocenters. The quantitative estimate of drug-likeness (QED) is 0.854. The molecule has 0 saturated carbocycles. The van der Waals surface area contributed by atoms with Gasteiger partial charge in [-0.3, -0.25) is 4.79 Å². The summed E-state index contributed by atoms with van der Waals surface area (Å²) < 4.78 is 5.57. The number of hydrogen-bond donors (Lipinski definition) is 1. The molecule has 2 aromatic rings. The van der Waals surface area contributed by atoms with Crippen LogP contribution in [0.15, 0.2) is 28.7 Å². The molecule has 1 aliphatic heterocycles. The molecule has 0 fully saturated rings. The summed E-state index contributed by atoms with van der Waals surface area (Å²) in [5.41, 5.74) is 4.26. The minimum absolute atomic E-state index is 0.0635. The van der Waals surface area contributed by atoms with E-state index in [1.165, 1.54) is 0 Å². The highest BCUT2D eigenvalue weighted by atomic mass is 79.9. The van der Waals surface area contributed by atoms with Crippen molar-refractivity contribution in [3.8, 4) is 0 Å². The zero-order valence-electron chi connectivity index (χ0n) is 10.8. The first kappa shape index (κ1) is 12.5. The van der Waals surface area contributed by atoms with Crippen molar-refractivity contribution >= 4 is 27.5 Å². The Bertz CT molecular complexity index is 660. The van der Waals surface area contributed by atoms with E-state index in [9.17, 15) is 4.79 Å². The number of amides is 1. The van der Waals surface area contributed by atoms with Crippen molar-refractivity contribution < 1.29 is 9.21 Å². The molecule has 19 heavy (non-hydrogen) atoms. The molecule has 1 aromatic heterocycles. The molecule has 1 atom stereocenters. The normalized spacial score (nSPS) is 15.2. The number of carbonyl (C=O) groups is 1. The van der Waals surface area contributed by atoms with Crippen LogP contribution >= 0.6 is 15.9 Å². The maximum Gasteiger partial charge on any atom is 0.228 e. The summed E-state index contributed by atoms with van der Waals surface area (Å²) in [4.78, 5) is 11.5. The zero-order valence-corrected chi connectivity index (χ0v) is 12.4. The van der Waals surface area contributed by atoms with E-state index in [-0.39, 0.29) is 10.7 Å². The van der Waals surface area contributed by atoms with Gasteiger partial charge in [0, 0.05) is 11.3 Å².